The Labute approximate surface area is 121 Å². The van der Waals surface area contributed by atoms with E-state index in [9.17, 15) is 8.78 Å². The maximum absolute atomic E-state index is 14.2. The number of hydrogen-bond donors (Lipinski definition) is 2. The third kappa shape index (κ3) is 2.78. The van der Waals surface area contributed by atoms with Crippen LogP contribution in [0.1, 0.15) is 18.4 Å². The van der Waals surface area contributed by atoms with Crippen LogP contribution < -0.4 is 10.6 Å². The zero-order chi connectivity index (χ0) is 15.0. The first-order valence-electron chi connectivity index (χ1n) is 7.06. The average Bonchev–Trinajstić information content (AvgIpc) is 3.31. The van der Waals surface area contributed by atoms with Gasteiger partial charge in [0, 0.05) is 37.8 Å². The van der Waals surface area contributed by atoms with E-state index in [1.807, 2.05) is 0 Å². The highest BCUT2D eigenvalue weighted by Gasteiger charge is 2.32. The van der Waals surface area contributed by atoms with Crippen LogP contribution in [0, 0.1) is 11.6 Å². The molecule has 1 saturated heterocycles. The van der Waals surface area contributed by atoms with Gasteiger partial charge in [-0.3, -0.25) is 4.90 Å². The summed E-state index contributed by atoms with van der Waals surface area (Å²) in [5, 5.41) is 11.3. The molecule has 3 N–H and O–H groups in total. The van der Waals surface area contributed by atoms with Gasteiger partial charge in [-0.15, -0.1) is 0 Å². The summed E-state index contributed by atoms with van der Waals surface area (Å²) in [5.41, 5.74) is 5.37. The van der Waals surface area contributed by atoms with E-state index in [-0.39, 0.29) is 17.1 Å². The van der Waals surface area contributed by atoms with E-state index in [1.165, 1.54) is 12.8 Å². The zero-order valence-corrected chi connectivity index (χ0v) is 11.6. The summed E-state index contributed by atoms with van der Waals surface area (Å²) >= 11 is 0. The molecule has 3 rings (SSSR count). The van der Waals surface area contributed by atoms with Crippen LogP contribution in [0.2, 0.25) is 0 Å². The van der Waals surface area contributed by atoms with Crippen molar-refractivity contribution < 1.29 is 14.0 Å². The van der Waals surface area contributed by atoms with Crippen molar-refractivity contribution in [1.82, 2.24) is 4.90 Å². The average molecular weight is 296 g/mol. The fourth-order valence-corrected chi connectivity index (χ4v) is 2.82. The van der Waals surface area contributed by atoms with Crippen molar-refractivity contribution in [3.8, 4) is 0 Å². The molecule has 1 saturated carbocycles. The molecule has 2 fully saturated rings. The Kier molecular flexibility index (Phi) is 3.67. The zero-order valence-electron chi connectivity index (χ0n) is 11.6. The molecule has 5 nitrogen and oxygen atoms in total. The molecule has 0 aromatic heterocycles. The van der Waals surface area contributed by atoms with E-state index in [1.54, 1.807) is 4.90 Å². The van der Waals surface area contributed by atoms with Crippen molar-refractivity contribution in [2.45, 2.75) is 18.9 Å². The Morgan fingerprint density at radius 3 is 2.19 bits per heavy atom. The molecule has 0 amide bonds. The van der Waals surface area contributed by atoms with Gasteiger partial charge in [0.15, 0.2) is 5.84 Å². The van der Waals surface area contributed by atoms with E-state index >= 15 is 0 Å². The fourth-order valence-electron chi connectivity index (χ4n) is 2.82. The number of benzene rings is 1. The van der Waals surface area contributed by atoms with Crippen LogP contribution in [0.25, 0.3) is 0 Å². The van der Waals surface area contributed by atoms with Crippen molar-refractivity contribution in [3.05, 3.63) is 29.3 Å². The van der Waals surface area contributed by atoms with Crippen LogP contribution in [0.15, 0.2) is 17.3 Å². The van der Waals surface area contributed by atoms with Crippen LogP contribution in [0.4, 0.5) is 14.5 Å². The minimum Gasteiger partial charge on any atom is -0.409 e. The Bertz CT molecular complexity index is 543. The summed E-state index contributed by atoms with van der Waals surface area (Å²) in [4.78, 5) is 4.09. The van der Waals surface area contributed by atoms with E-state index in [2.05, 4.69) is 10.1 Å². The lowest BCUT2D eigenvalue weighted by molar-refractivity contribution is 0.247. The number of nitrogens with zero attached hydrogens (tertiary/aromatic N) is 3. The van der Waals surface area contributed by atoms with Gasteiger partial charge in [0.05, 0.1) is 0 Å². The third-order valence-electron chi connectivity index (χ3n) is 4.11. The Hall–Kier alpha value is -1.89. The van der Waals surface area contributed by atoms with Gasteiger partial charge < -0.3 is 15.8 Å². The van der Waals surface area contributed by atoms with Crippen LogP contribution in [0.3, 0.4) is 0 Å². The van der Waals surface area contributed by atoms with Gasteiger partial charge in [-0.1, -0.05) is 5.16 Å². The summed E-state index contributed by atoms with van der Waals surface area (Å²) in [6.07, 6.45) is 2.47. The number of halogens is 2. The number of hydrogen-bond acceptors (Lipinski definition) is 4. The second-order valence-electron chi connectivity index (χ2n) is 5.53. The smallest absolute Gasteiger partial charge is 0.170 e. The first-order valence-corrected chi connectivity index (χ1v) is 7.06. The number of amidine groups is 1. The lowest BCUT2D eigenvalue weighted by Gasteiger charge is -2.36. The number of rotatable bonds is 3. The second-order valence-corrected chi connectivity index (χ2v) is 5.53. The predicted octanol–water partition coefficient (Wildman–Crippen LogP) is 1.34. The van der Waals surface area contributed by atoms with Gasteiger partial charge >= 0.3 is 0 Å². The second kappa shape index (κ2) is 5.48. The summed E-state index contributed by atoms with van der Waals surface area (Å²) < 4.78 is 28.3. The fraction of sp³-hybridized carbons (Fsp3) is 0.500. The topological polar surface area (TPSA) is 65.1 Å². The van der Waals surface area contributed by atoms with E-state index < -0.39 is 11.6 Å². The maximum Gasteiger partial charge on any atom is 0.170 e. The quantitative estimate of drug-likeness (QED) is 0.382. The lowest BCUT2D eigenvalue weighted by atomic mass is 10.1. The molecule has 0 radical (unpaired) electrons. The Morgan fingerprint density at radius 1 is 1.14 bits per heavy atom. The first-order chi connectivity index (χ1) is 10.1. The molecule has 1 aliphatic heterocycles. The molecule has 0 atom stereocenters. The van der Waals surface area contributed by atoms with Gasteiger partial charge in [-0.05, 0) is 25.0 Å². The standard InChI is InChI=1S/C14H18F2N4O/c15-11-7-9(14(17)18-21)8-12(16)13(11)20-5-3-19(4-6-20)10-1-2-10/h7-8,10,21H,1-6H2,(H2,17,18). The van der Waals surface area contributed by atoms with Crippen molar-refractivity contribution >= 4 is 11.5 Å². The molecular formula is C14H18F2N4O. The van der Waals surface area contributed by atoms with Crippen LogP contribution in [-0.4, -0.2) is 48.2 Å². The predicted molar refractivity (Wildman–Crippen MR) is 75.7 cm³/mol. The molecule has 114 valence electrons. The number of nitrogens with two attached hydrogens (primary N) is 1. The SMILES string of the molecule is N/C(=N/O)c1cc(F)c(N2CCN(C3CC3)CC2)c(F)c1. The normalized spacial score (nSPS) is 20.9. The van der Waals surface area contributed by atoms with E-state index in [0.29, 0.717) is 19.1 Å². The van der Waals surface area contributed by atoms with Crippen molar-refractivity contribution in [3.63, 3.8) is 0 Å². The van der Waals surface area contributed by atoms with Crippen LogP contribution in [0.5, 0.6) is 0 Å². The van der Waals surface area contributed by atoms with Gasteiger partial charge in [0.2, 0.25) is 0 Å². The lowest BCUT2D eigenvalue weighted by Crippen LogP contribution is -2.47. The highest BCUT2D eigenvalue weighted by molar-refractivity contribution is 5.97. The summed E-state index contributed by atoms with van der Waals surface area (Å²) in [6, 6.07) is 2.87. The minimum atomic E-state index is -0.684. The number of anilines is 1. The molecule has 2 aliphatic rings. The molecule has 1 aromatic carbocycles. The summed E-state index contributed by atoms with van der Waals surface area (Å²) in [5.74, 6) is -1.68. The van der Waals surface area contributed by atoms with E-state index in [4.69, 9.17) is 10.9 Å². The maximum atomic E-state index is 14.2. The third-order valence-corrected chi connectivity index (χ3v) is 4.11. The molecule has 0 bridgehead atoms. The monoisotopic (exact) mass is 296 g/mol. The number of piperazine rings is 1. The molecular weight excluding hydrogens is 278 g/mol. The van der Waals surface area contributed by atoms with Gasteiger partial charge in [0.25, 0.3) is 0 Å². The molecule has 0 spiro atoms. The minimum absolute atomic E-state index is 0.0278. The van der Waals surface area contributed by atoms with Gasteiger partial charge in [-0.2, -0.15) is 0 Å². The van der Waals surface area contributed by atoms with Crippen molar-refractivity contribution in [2.24, 2.45) is 10.9 Å². The van der Waals surface area contributed by atoms with Crippen LogP contribution >= 0.6 is 0 Å². The van der Waals surface area contributed by atoms with Crippen LogP contribution in [-0.2, 0) is 0 Å². The Balaban J connectivity index is 1.79. The van der Waals surface area contributed by atoms with Crippen molar-refractivity contribution in [2.75, 3.05) is 31.1 Å². The number of oxime groups is 1. The Morgan fingerprint density at radius 2 is 1.71 bits per heavy atom. The summed E-state index contributed by atoms with van der Waals surface area (Å²) in [7, 11) is 0. The molecule has 1 aliphatic carbocycles. The van der Waals surface area contributed by atoms with Gasteiger partial charge in [-0.25, -0.2) is 8.78 Å². The molecule has 1 aromatic rings. The molecule has 21 heavy (non-hydrogen) atoms. The molecule has 0 unspecified atom stereocenters. The molecule has 7 heteroatoms. The highest BCUT2D eigenvalue weighted by Crippen LogP contribution is 2.30. The molecule has 1 heterocycles. The van der Waals surface area contributed by atoms with Crippen molar-refractivity contribution in [1.29, 1.82) is 0 Å². The first kappa shape index (κ1) is 14.1. The highest BCUT2D eigenvalue weighted by atomic mass is 19.1. The summed E-state index contributed by atoms with van der Waals surface area (Å²) in [6.45, 7) is 2.86. The largest absolute Gasteiger partial charge is 0.409 e. The van der Waals surface area contributed by atoms with Gasteiger partial charge in [0.1, 0.15) is 17.3 Å². The van der Waals surface area contributed by atoms with E-state index in [0.717, 1.165) is 25.2 Å².